The summed E-state index contributed by atoms with van der Waals surface area (Å²) in [6.07, 6.45) is 6.51. The van der Waals surface area contributed by atoms with Crippen LogP contribution in [0.1, 0.15) is 52.4 Å². The SMILES string of the molecule is CC(C)N(C(=O)C[C@@H]1CCC[C@H]1N)C1CC1. The first-order chi connectivity index (χ1) is 7.59. The predicted octanol–water partition coefficient (Wildman–Crippen LogP) is 1.90. The van der Waals surface area contributed by atoms with Crippen LogP contribution in [0.25, 0.3) is 0 Å². The van der Waals surface area contributed by atoms with E-state index in [1.54, 1.807) is 0 Å². The molecule has 2 fully saturated rings. The van der Waals surface area contributed by atoms with Crippen LogP contribution in [-0.4, -0.2) is 28.9 Å². The van der Waals surface area contributed by atoms with Crippen molar-refractivity contribution < 1.29 is 4.79 Å². The van der Waals surface area contributed by atoms with Crippen LogP contribution in [-0.2, 0) is 4.79 Å². The van der Waals surface area contributed by atoms with Crippen molar-refractivity contribution in [2.24, 2.45) is 11.7 Å². The highest BCUT2D eigenvalue weighted by molar-refractivity contribution is 5.77. The van der Waals surface area contributed by atoms with Gasteiger partial charge >= 0.3 is 0 Å². The molecular formula is C13H24N2O. The Hall–Kier alpha value is -0.570. The van der Waals surface area contributed by atoms with E-state index in [9.17, 15) is 4.79 Å². The molecule has 16 heavy (non-hydrogen) atoms. The summed E-state index contributed by atoms with van der Waals surface area (Å²) in [5.41, 5.74) is 6.02. The number of nitrogens with zero attached hydrogens (tertiary/aromatic N) is 1. The second-order valence-electron chi connectivity index (χ2n) is 5.68. The highest BCUT2D eigenvalue weighted by atomic mass is 16.2. The highest BCUT2D eigenvalue weighted by Crippen LogP contribution is 2.32. The molecule has 0 radical (unpaired) electrons. The molecule has 3 heteroatoms. The molecule has 0 heterocycles. The standard InChI is InChI=1S/C13H24N2O/c1-9(2)15(11-6-7-11)13(16)8-10-4-3-5-12(10)14/h9-12H,3-8,14H2,1-2H3/t10-,12+/m0/s1. The van der Waals surface area contributed by atoms with Crippen LogP contribution in [0.2, 0.25) is 0 Å². The largest absolute Gasteiger partial charge is 0.337 e. The molecule has 0 bridgehead atoms. The van der Waals surface area contributed by atoms with Gasteiger partial charge in [0.1, 0.15) is 0 Å². The van der Waals surface area contributed by atoms with E-state index in [0.717, 1.165) is 12.8 Å². The number of amides is 1. The fourth-order valence-corrected chi connectivity index (χ4v) is 2.91. The molecule has 2 saturated carbocycles. The molecule has 92 valence electrons. The first-order valence-corrected chi connectivity index (χ1v) is 6.66. The summed E-state index contributed by atoms with van der Waals surface area (Å²) in [5, 5.41) is 0. The lowest BCUT2D eigenvalue weighted by atomic mass is 9.99. The second kappa shape index (κ2) is 4.74. The van der Waals surface area contributed by atoms with Crippen LogP contribution in [0.4, 0.5) is 0 Å². The van der Waals surface area contributed by atoms with Gasteiger partial charge in [0.25, 0.3) is 0 Å². The molecule has 0 aromatic heterocycles. The van der Waals surface area contributed by atoms with Crippen molar-refractivity contribution in [3.05, 3.63) is 0 Å². The molecule has 2 N–H and O–H groups in total. The van der Waals surface area contributed by atoms with Gasteiger partial charge in [0, 0.05) is 24.5 Å². The Kier molecular flexibility index (Phi) is 3.53. The maximum atomic E-state index is 12.2. The minimum atomic E-state index is 0.261. The maximum absolute atomic E-state index is 12.2. The van der Waals surface area contributed by atoms with Crippen molar-refractivity contribution in [1.82, 2.24) is 4.90 Å². The lowest BCUT2D eigenvalue weighted by molar-refractivity contribution is -0.134. The number of nitrogens with two attached hydrogens (primary N) is 1. The van der Waals surface area contributed by atoms with Crippen LogP contribution in [0.5, 0.6) is 0 Å². The third-order valence-corrected chi connectivity index (χ3v) is 3.94. The second-order valence-corrected chi connectivity index (χ2v) is 5.68. The van der Waals surface area contributed by atoms with Crippen molar-refractivity contribution in [1.29, 1.82) is 0 Å². The number of rotatable bonds is 4. The summed E-state index contributed by atoms with van der Waals surface area (Å²) in [6.45, 7) is 4.23. The summed E-state index contributed by atoms with van der Waals surface area (Å²) in [5.74, 6) is 0.771. The first-order valence-electron chi connectivity index (χ1n) is 6.66. The smallest absolute Gasteiger partial charge is 0.223 e. The minimum Gasteiger partial charge on any atom is -0.337 e. The third kappa shape index (κ3) is 2.57. The normalized spacial score (nSPS) is 29.8. The lowest BCUT2D eigenvalue weighted by Gasteiger charge is -2.28. The van der Waals surface area contributed by atoms with Gasteiger partial charge in [-0.25, -0.2) is 0 Å². The number of carbonyl (C=O) groups excluding carboxylic acids is 1. The zero-order chi connectivity index (χ0) is 11.7. The zero-order valence-corrected chi connectivity index (χ0v) is 10.5. The zero-order valence-electron chi connectivity index (χ0n) is 10.5. The van der Waals surface area contributed by atoms with Crippen LogP contribution in [0.3, 0.4) is 0 Å². The van der Waals surface area contributed by atoms with Gasteiger partial charge in [-0.2, -0.15) is 0 Å². The van der Waals surface area contributed by atoms with E-state index in [1.807, 2.05) is 0 Å². The van der Waals surface area contributed by atoms with Gasteiger partial charge in [0.05, 0.1) is 0 Å². The van der Waals surface area contributed by atoms with E-state index >= 15 is 0 Å². The van der Waals surface area contributed by atoms with Crippen molar-refractivity contribution in [3.63, 3.8) is 0 Å². The van der Waals surface area contributed by atoms with Gasteiger partial charge < -0.3 is 10.6 Å². The molecule has 0 unspecified atom stereocenters. The number of carbonyl (C=O) groups is 1. The monoisotopic (exact) mass is 224 g/mol. The average Bonchev–Trinajstić information content (AvgIpc) is 2.93. The molecule has 1 amide bonds. The van der Waals surface area contributed by atoms with Crippen molar-refractivity contribution in [2.45, 2.75) is 70.5 Å². The van der Waals surface area contributed by atoms with Crippen LogP contribution in [0.15, 0.2) is 0 Å². The summed E-state index contributed by atoms with van der Waals surface area (Å²) in [7, 11) is 0. The fourth-order valence-electron chi connectivity index (χ4n) is 2.91. The molecule has 0 aromatic rings. The summed E-state index contributed by atoms with van der Waals surface area (Å²) in [4.78, 5) is 14.3. The maximum Gasteiger partial charge on any atom is 0.223 e. The van der Waals surface area contributed by atoms with Crippen LogP contribution in [0, 0.1) is 5.92 Å². The van der Waals surface area contributed by atoms with E-state index in [1.165, 1.54) is 19.3 Å². The van der Waals surface area contributed by atoms with E-state index in [-0.39, 0.29) is 6.04 Å². The van der Waals surface area contributed by atoms with Gasteiger partial charge in [0.2, 0.25) is 5.91 Å². The third-order valence-electron chi connectivity index (χ3n) is 3.94. The summed E-state index contributed by atoms with van der Waals surface area (Å²) >= 11 is 0. The molecule has 3 nitrogen and oxygen atoms in total. The quantitative estimate of drug-likeness (QED) is 0.793. The van der Waals surface area contributed by atoms with E-state index in [0.29, 0.717) is 30.3 Å². The van der Waals surface area contributed by atoms with Crippen molar-refractivity contribution >= 4 is 5.91 Å². The Morgan fingerprint density at radius 1 is 1.31 bits per heavy atom. The van der Waals surface area contributed by atoms with Crippen LogP contribution >= 0.6 is 0 Å². The number of hydrogen-bond acceptors (Lipinski definition) is 2. The van der Waals surface area contributed by atoms with E-state index in [4.69, 9.17) is 5.73 Å². The van der Waals surface area contributed by atoms with Crippen molar-refractivity contribution in [3.8, 4) is 0 Å². The molecule has 0 aliphatic heterocycles. The Morgan fingerprint density at radius 2 is 2.00 bits per heavy atom. The van der Waals surface area contributed by atoms with Gasteiger partial charge in [0.15, 0.2) is 0 Å². The highest BCUT2D eigenvalue weighted by Gasteiger charge is 2.36. The van der Waals surface area contributed by atoms with Gasteiger partial charge in [-0.05, 0) is 45.4 Å². The molecular weight excluding hydrogens is 200 g/mol. The Bertz CT molecular complexity index is 259. The average molecular weight is 224 g/mol. The topological polar surface area (TPSA) is 46.3 Å². The minimum absolute atomic E-state index is 0.261. The van der Waals surface area contributed by atoms with E-state index in [2.05, 4.69) is 18.7 Å². The molecule has 2 aliphatic rings. The van der Waals surface area contributed by atoms with Crippen LogP contribution < -0.4 is 5.73 Å². The number of hydrogen-bond donors (Lipinski definition) is 1. The lowest BCUT2D eigenvalue weighted by Crippen LogP contribution is -2.41. The Morgan fingerprint density at radius 3 is 2.44 bits per heavy atom. The molecule has 0 saturated heterocycles. The van der Waals surface area contributed by atoms with Gasteiger partial charge in [-0.1, -0.05) is 6.42 Å². The molecule has 2 rings (SSSR count). The Balaban J connectivity index is 1.90. The first kappa shape index (κ1) is 11.9. The van der Waals surface area contributed by atoms with Gasteiger partial charge in [-0.15, -0.1) is 0 Å². The van der Waals surface area contributed by atoms with E-state index < -0.39 is 0 Å². The molecule has 0 aromatic carbocycles. The molecule has 0 spiro atoms. The molecule has 2 aliphatic carbocycles. The van der Waals surface area contributed by atoms with Crippen molar-refractivity contribution in [2.75, 3.05) is 0 Å². The summed E-state index contributed by atoms with van der Waals surface area (Å²) < 4.78 is 0. The summed E-state index contributed by atoms with van der Waals surface area (Å²) in [6, 6.07) is 1.14. The predicted molar refractivity (Wildman–Crippen MR) is 64.9 cm³/mol. The van der Waals surface area contributed by atoms with Gasteiger partial charge in [-0.3, -0.25) is 4.79 Å². The Labute approximate surface area is 98.4 Å². The molecule has 2 atom stereocenters. The fraction of sp³-hybridized carbons (Fsp3) is 0.923.